The normalized spacial score (nSPS) is 14.2. The van der Waals surface area contributed by atoms with E-state index in [9.17, 15) is 14.3 Å². The third-order valence-electron chi connectivity index (χ3n) is 4.78. The quantitative estimate of drug-likeness (QED) is 0.302. The number of aliphatic hydroxyl groups is 2. The number of rotatable bonds is 10. The van der Waals surface area contributed by atoms with Gasteiger partial charge in [-0.25, -0.2) is 9.18 Å². The maximum atomic E-state index is 13.1. The van der Waals surface area contributed by atoms with Crippen molar-refractivity contribution in [2.75, 3.05) is 19.8 Å². The summed E-state index contributed by atoms with van der Waals surface area (Å²) in [6, 6.07) is 5.88. The van der Waals surface area contributed by atoms with Crippen LogP contribution in [-0.4, -0.2) is 51.7 Å². The fourth-order valence-electron chi connectivity index (χ4n) is 2.95. The lowest BCUT2D eigenvalue weighted by Crippen LogP contribution is -2.54. The second-order valence-electron chi connectivity index (χ2n) is 7.27. The van der Waals surface area contributed by atoms with Gasteiger partial charge >= 0.3 is 5.97 Å². The Bertz CT molecular complexity index is 1080. The first kappa shape index (κ1) is 23.9. The van der Waals surface area contributed by atoms with Crippen LogP contribution in [0.2, 0.25) is 5.02 Å². The lowest BCUT2D eigenvalue weighted by molar-refractivity contribution is -0.152. The van der Waals surface area contributed by atoms with Crippen LogP contribution < -0.4 is 10.5 Å². The Balaban J connectivity index is 1.80. The molecule has 9 nitrogen and oxygen atoms in total. The Labute approximate surface area is 187 Å². The van der Waals surface area contributed by atoms with Gasteiger partial charge in [0.25, 0.3) is 0 Å². The molecule has 172 valence electrons. The molecule has 11 heteroatoms. The monoisotopic (exact) mass is 467 g/mol. The molecule has 1 aromatic carbocycles. The highest BCUT2D eigenvalue weighted by Gasteiger charge is 2.37. The van der Waals surface area contributed by atoms with Crippen LogP contribution in [0.5, 0.6) is 5.75 Å². The third-order valence-corrected chi connectivity index (χ3v) is 5.07. The Kier molecular flexibility index (Phi) is 7.62. The first-order valence-electron chi connectivity index (χ1n) is 9.81. The van der Waals surface area contributed by atoms with Crippen molar-refractivity contribution in [1.82, 2.24) is 10.1 Å². The molecule has 2 unspecified atom stereocenters. The first-order valence-corrected chi connectivity index (χ1v) is 10.2. The van der Waals surface area contributed by atoms with Crippen LogP contribution in [0.4, 0.5) is 4.39 Å². The molecule has 0 amide bonds. The molecule has 4 N–H and O–H groups in total. The second kappa shape index (κ2) is 10.2. The average molecular weight is 468 g/mol. The van der Waals surface area contributed by atoms with Crippen molar-refractivity contribution in [3.63, 3.8) is 0 Å². The number of aromatic nitrogens is 2. The van der Waals surface area contributed by atoms with Crippen molar-refractivity contribution in [1.29, 1.82) is 0 Å². The summed E-state index contributed by atoms with van der Waals surface area (Å²) in [5, 5.41) is 23.2. The highest BCUT2D eigenvalue weighted by Crippen LogP contribution is 2.35. The summed E-state index contributed by atoms with van der Waals surface area (Å²) in [6.45, 7) is 0.882. The first-order chi connectivity index (χ1) is 15.3. The van der Waals surface area contributed by atoms with Crippen molar-refractivity contribution >= 4 is 28.5 Å². The molecular formula is C21H23ClFN3O6. The van der Waals surface area contributed by atoms with E-state index in [1.165, 1.54) is 18.2 Å². The average Bonchev–Trinajstić information content (AvgIpc) is 3.15. The summed E-state index contributed by atoms with van der Waals surface area (Å²) < 4.78 is 29.3. The number of carbonyl (C=O) groups is 1. The SMILES string of the molecule is CC(Oc1cc2onc(CC(N)(CO)C(=O)OCCCO)c2cc1Cl)c1ccc(F)cn1. The van der Waals surface area contributed by atoms with Crippen LogP contribution >= 0.6 is 11.6 Å². The van der Waals surface area contributed by atoms with E-state index in [1.54, 1.807) is 13.0 Å². The van der Waals surface area contributed by atoms with Crippen LogP contribution in [0.3, 0.4) is 0 Å². The molecular weight excluding hydrogens is 445 g/mol. The number of halogens is 2. The summed E-state index contributed by atoms with van der Waals surface area (Å²) in [5.41, 5.74) is 5.45. The van der Waals surface area contributed by atoms with Crippen molar-refractivity contribution < 1.29 is 33.4 Å². The summed E-state index contributed by atoms with van der Waals surface area (Å²) in [6.07, 6.45) is 0.663. The second-order valence-corrected chi connectivity index (χ2v) is 7.68. The minimum absolute atomic E-state index is 0.0263. The number of hydrogen-bond donors (Lipinski definition) is 3. The van der Waals surface area contributed by atoms with Gasteiger partial charge in [0.05, 0.1) is 35.8 Å². The van der Waals surface area contributed by atoms with Gasteiger partial charge in [0.15, 0.2) is 5.58 Å². The highest BCUT2D eigenvalue weighted by atomic mass is 35.5. The molecule has 0 aliphatic carbocycles. The van der Waals surface area contributed by atoms with Gasteiger partial charge in [0.2, 0.25) is 0 Å². The summed E-state index contributed by atoms with van der Waals surface area (Å²) >= 11 is 6.37. The highest BCUT2D eigenvalue weighted by molar-refractivity contribution is 6.32. The molecule has 0 saturated carbocycles. The molecule has 0 radical (unpaired) electrons. The summed E-state index contributed by atoms with van der Waals surface area (Å²) in [5.74, 6) is -0.980. The Morgan fingerprint density at radius 2 is 2.16 bits per heavy atom. The van der Waals surface area contributed by atoms with Crippen molar-refractivity contribution in [2.24, 2.45) is 5.73 Å². The molecule has 0 aliphatic heterocycles. The Morgan fingerprint density at radius 3 is 2.81 bits per heavy atom. The molecule has 0 spiro atoms. The number of carbonyl (C=O) groups excluding carboxylic acids is 1. The maximum absolute atomic E-state index is 13.1. The van der Waals surface area contributed by atoms with Gasteiger partial charge in [-0.05, 0) is 25.1 Å². The van der Waals surface area contributed by atoms with Gasteiger partial charge in [0, 0.05) is 30.9 Å². The molecule has 3 aromatic rings. The number of pyridine rings is 1. The molecule has 2 atom stereocenters. The van der Waals surface area contributed by atoms with Crippen molar-refractivity contribution in [3.05, 3.63) is 52.7 Å². The van der Waals surface area contributed by atoms with Gasteiger partial charge in [-0.2, -0.15) is 0 Å². The molecule has 0 aliphatic rings. The van der Waals surface area contributed by atoms with E-state index in [0.29, 0.717) is 28.1 Å². The molecule has 2 aromatic heterocycles. The number of hydrogen-bond acceptors (Lipinski definition) is 9. The lowest BCUT2D eigenvalue weighted by atomic mass is 9.94. The predicted molar refractivity (Wildman–Crippen MR) is 113 cm³/mol. The molecule has 0 bridgehead atoms. The number of fused-ring (bicyclic) bond motifs is 1. The minimum atomic E-state index is -1.75. The van der Waals surface area contributed by atoms with Crippen LogP contribution in [-0.2, 0) is 16.0 Å². The van der Waals surface area contributed by atoms with E-state index < -0.39 is 30.0 Å². The van der Waals surface area contributed by atoms with Gasteiger partial charge in [-0.15, -0.1) is 0 Å². The molecule has 0 fully saturated rings. The summed E-state index contributed by atoms with van der Waals surface area (Å²) in [7, 11) is 0. The smallest absolute Gasteiger partial charge is 0.328 e. The fourth-order valence-corrected chi connectivity index (χ4v) is 3.16. The molecule has 32 heavy (non-hydrogen) atoms. The Hall–Kier alpha value is -2.79. The van der Waals surface area contributed by atoms with Crippen molar-refractivity contribution in [2.45, 2.75) is 31.4 Å². The van der Waals surface area contributed by atoms with E-state index in [-0.39, 0.29) is 31.1 Å². The zero-order valence-corrected chi connectivity index (χ0v) is 18.0. The third kappa shape index (κ3) is 5.33. The fraction of sp³-hybridized carbons (Fsp3) is 0.381. The van der Waals surface area contributed by atoms with Crippen LogP contribution in [0, 0.1) is 5.82 Å². The molecule has 0 saturated heterocycles. The summed E-state index contributed by atoms with van der Waals surface area (Å²) in [4.78, 5) is 16.3. The minimum Gasteiger partial charge on any atom is -0.483 e. The molecule has 3 rings (SSSR count). The van der Waals surface area contributed by atoms with Crippen LogP contribution in [0.15, 0.2) is 35.0 Å². The zero-order valence-electron chi connectivity index (χ0n) is 17.3. The van der Waals surface area contributed by atoms with E-state index in [2.05, 4.69) is 10.1 Å². The maximum Gasteiger partial charge on any atom is 0.328 e. The number of aliphatic hydroxyl groups excluding tert-OH is 2. The lowest BCUT2D eigenvalue weighted by Gasteiger charge is -2.24. The van der Waals surface area contributed by atoms with Crippen molar-refractivity contribution in [3.8, 4) is 5.75 Å². The van der Waals surface area contributed by atoms with Gasteiger partial charge in [0.1, 0.15) is 23.2 Å². The number of nitrogens with two attached hydrogens (primary N) is 1. The largest absolute Gasteiger partial charge is 0.483 e. The topological polar surface area (TPSA) is 141 Å². The molecule has 2 heterocycles. The van der Waals surface area contributed by atoms with Crippen LogP contribution in [0.25, 0.3) is 11.0 Å². The van der Waals surface area contributed by atoms with E-state index in [4.69, 9.17) is 36.4 Å². The predicted octanol–water partition coefficient (Wildman–Crippen LogP) is 2.31. The van der Waals surface area contributed by atoms with E-state index in [0.717, 1.165) is 6.20 Å². The van der Waals surface area contributed by atoms with E-state index >= 15 is 0 Å². The number of nitrogens with zero attached hydrogens (tertiary/aromatic N) is 2. The van der Waals surface area contributed by atoms with Crippen LogP contribution in [0.1, 0.15) is 30.8 Å². The number of benzene rings is 1. The van der Waals surface area contributed by atoms with Gasteiger partial charge in [-0.1, -0.05) is 16.8 Å². The van der Waals surface area contributed by atoms with Gasteiger partial charge in [-0.3, -0.25) is 4.98 Å². The Morgan fingerprint density at radius 1 is 1.38 bits per heavy atom. The standard InChI is InChI=1S/C21H23ClFN3O6/c1-12(16-4-3-13(23)10-25-16)31-19-8-18-14(7-15(19)22)17(26-32-18)9-21(24,11-28)20(29)30-6-2-5-27/h3-4,7-8,10,12,27-28H,2,5-6,9,11,24H2,1H3. The zero-order chi connectivity index (χ0) is 23.3. The number of esters is 1. The number of ether oxygens (including phenoxy) is 2. The van der Waals surface area contributed by atoms with E-state index in [1.807, 2.05) is 0 Å². The van der Waals surface area contributed by atoms with Gasteiger partial charge < -0.3 is 29.9 Å².